The predicted molar refractivity (Wildman–Crippen MR) is 274 cm³/mol. The quantitative estimate of drug-likeness (QED) is 0.149. The molecule has 0 aliphatic carbocycles. The van der Waals surface area contributed by atoms with Crippen molar-refractivity contribution in [2.45, 2.75) is 78.1 Å². The first-order valence-electron chi connectivity index (χ1n) is 23.5. The second kappa shape index (κ2) is 16.5. The number of hydrogen-bond donors (Lipinski definition) is 0. The molecule has 0 saturated heterocycles. The monoisotopic (exact) mass is 1070 g/mol. The Bertz CT molecular complexity index is 3610. The van der Waals surface area contributed by atoms with Crippen LogP contribution in [0.4, 0.5) is 0 Å². The molecule has 3 aromatic heterocycles. The summed E-state index contributed by atoms with van der Waals surface area (Å²) in [6, 6.07) is 61.5. The first kappa shape index (κ1) is 43.8. The van der Waals surface area contributed by atoms with E-state index < -0.39 is 0 Å². The van der Waals surface area contributed by atoms with Crippen LogP contribution >= 0.6 is 0 Å². The third kappa shape index (κ3) is 7.64. The average molecular weight is 1070 g/mol. The van der Waals surface area contributed by atoms with E-state index in [2.05, 4.69) is 216 Å². The maximum absolute atomic E-state index is 6.75. The van der Waals surface area contributed by atoms with Gasteiger partial charge < -0.3 is 4.74 Å². The SMILES string of the molecule is CC(C)(C)c1cc(-c2cccc(-c3ccccc3)c2-n2[c](=[Pt])n(-c3[c-]c(Oc4[c-]c5c(cc4)c4cc6c(cc4n5-c4ccccn4)OCCC6(C)C)ccc3)c3ccccc32)cc(C(C)(C)C)c1. The molecule has 0 N–H and O–H groups in total. The van der Waals surface area contributed by atoms with Gasteiger partial charge in [0.2, 0.25) is 0 Å². The number of para-hydroxylation sites is 3. The van der Waals surface area contributed by atoms with Gasteiger partial charge in [0.25, 0.3) is 0 Å². The molecule has 11 rings (SSSR count). The van der Waals surface area contributed by atoms with Crippen LogP contribution in [0.5, 0.6) is 17.2 Å². The minimum absolute atomic E-state index is 0.00124. The zero-order valence-electron chi connectivity index (χ0n) is 39.8. The zero-order chi connectivity index (χ0) is 47.1. The molecule has 0 bridgehead atoms. The van der Waals surface area contributed by atoms with Gasteiger partial charge in [-0.15, -0.1) is 0 Å². The van der Waals surface area contributed by atoms with Crippen molar-refractivity contribution < 1.29 is 28.8 Å². The van der Waals surface area contributed by atoms with Crippen LogP contribution in [0.3, 0.4) is 0 Å². The molecule has 68 heavy (non-hydrogen) atoms. The van der Waals surface area contributed by atoms with Crippen LogP contribution in [0, 0.1) is 15.9 Å². The average Bonchev–Trinajstić information content (AvgIpc) is 3.80. The summed E-state index contributed by atoms with van der Waals surface area (Å²) in [6.45, 7) is 19.1. The van der Waals surface area contributed by atoms with E-state index in [-0.39, 0.29) is 16.2 Å². The van der Waals surface area contributed by atoms with Crippen LogP contribution in [0.15, 0.2) is 158 Å². The molecular weight excluding hydrogens is 1020 g/mol. The number of imidazole rings is 1. The van der Waals surface area contributed by atoms with Gasteiger partial charge in [-0.25, -0.2) is 0 Å². The molecule has 0 atom stereocenters. The molecule has 7 heteroatoms. The summed E-state index contributed by atoms with van der Waals surface area (Å²) >= 11 is 2.51. The number of hydrogen-bond acceptors (Lipinski definition) is 3. The predicted octanol–water partition coefficient (Wildman–Crippen LogP) is 15.4. The first-order valence-corrected chi connectivity index (χ1v) is 24.6. The van der Waals surface area contributed by atoms with Gasteiger partial charge in [-0.1, -0.05) is 19.9 Å². The zero-order valence-corrected chi connectivity index (χ0v) is 42.1. The van der Waals surface area contributed by atoms with E-state index in [1.807, 2.05) is 42.6 Å². The van der Waals surface area contributed by atoms with Gasteiger partial charge in [0.1, 0.15) is 5.75 Å². The van der Waals surface area contributed by atoms with Crippen molar-refractivity contribution >= 4 is 32.8 Å². The Morgan fingerprint density at radius 2 is 1.26 bits per heavy atom. The van der Waals surface area contributed by atoms with Gasteiger partial charge in [-0.2, -0.15) is 0 Å². The number of benzene rings is 7. The normalized spacial score (nSPS) is 13.8. The summed E-state index contributed by atoms with van der Waals surface area (Å²) in [5.74, 6) is 2.90. The van der Waals surface area contributed by atoms with Gasteiger partial charge in [0.15, 0.2) is 0 Å². The molecule has 7 aromatic carbocycles. The molecule has 0 radical (unpaired) electrons. The summed E-state index contributed by atoms with van der Waals surface area (Å²) in [6.07, 6.45) is 2.80. The Morgan fingerprint density at radius 1 is 0.603 bits per heavy atom. The number of aromatic nitrogens is 4. The van der Waals surface area contributed by atoms with E-state index in [4.69, 9.17) is 14.5 Å². The van der Waals surface area contributed by atoms with Crippen molar-refractivity contribution in [2.75, 3.05) is 6.61 Å². The first-order chi connectivity index (χ1) is 32.6. The Hall–Kier alpha value is -6.75. The second-order valence-corrected chi connectivity index (χ2v) is 21.7. The van der Waals surface area contributed by atoms with Crippen LogP contribution in [0.25, 0.3) is 72.3 Å². The van der Waals surface area contributed by atoms with E-state index in [9.17, 15) is 0 Å². The van der Waals surface area contributed by atoms with Crippen molar-refractivity contribution in [3.05, 3.63) is 190 Å². The van der Waals surface area contributed by atoms with Gasteiger partial charge in [-0.05, 0) is 23.5 Å². The van der Waals surface area contributed by atoms with E-state index in [0.29, 0.717) is 18.1 Å². The molecule has 0 fully saturated rings. The topological polar surface area (TPSA) is 46.1 Å². The molecule has 0 amide bonds. The fraction of sp³-hybridized carbons (Fsp3) is 0.213. The van der Waals surface area contributed by atoms with Gasteiger partial charge >= 0.3 is 346 Å². The summed E-state index contributed by atoms with van der Waals surface area (Å²) in [5.41, 5.74) is 14.5. The number of fused-ring (bicyclic) bond motifs is 5. The Morgan fingerprint density at radius 3 is 1.97 bits per heavy atom. The molecule has 0 spiro atoms. The molecule has 0 saturated carbocycles. The summed E-state index contributed by atoms with van der Waals surface area (Å²) in [7, 11) is 0. The minimum atomic E-state index is -0.0404. The molecule has 6 nitrogen and oxygen atoms in total. The molecule has 4 heterocycles. The summed E-state index contributed by atoms with van der Waals surface area (Å²) in [5, 5.41) is 2.21. The molecule has 1 aliphatic heterocycles. The van der Waals surface area contributed by atoms with Crippen LogP contribution in [-0.4, -0.2) is 25.3 Å². The fourth-order valence-corrected chi connectivity index (χ4v) is 10.8. The number of ether oxygens (including phenoxy) is 2. The standard InChI is InChI=1S/C61H54N4O2.Pt/c1-59(2,3)42-32-41(33-43(34-42)60(4,5)6)48-23-17-22-47(40-18-10-9-11-19-40)58(48)64-39-63(52-24-12-13-25-53(52)64)44-20-16-21-45(35-44)67-46-27-28-49-50-37-51-56(66-31-29-61(51,7)8)38-55(50)65(54(49)36-46)57-26-14-15-30-62-57;/h9-28,30,32-34,37-38H,29,31H2,1-8H3;/q-2;. The van der Waals surface area contributed by atoms with E-state index in [0.717, 1.165) is 77.1 Å². The van der Waals surface area contributed by atoms with E-state index in [1.165, 1.54) is 27.8 Å². The number of nitrogens with zero attached hydrogens (tertiary/aromatic N) is 4. The fourth-order valence-electron chi connectivity index (χ4n) is 9.75. The van der Waals surface area contributed by atoms with Crippen molar-refractivity contribution in [3.8, 4) is 56.7 Å². The van der Waals surface area contributed by atoms with Gasteiger partial charge in [-0.3, -0.25) is 0 Å². The van der Waals surface area contributed by atoms with Crippen LogP contribution in [0.2, 0.25) is 0 Å². The number of pyridine rings is 1. The van der Waals surface area contributed by atoms with Gasteiger partial charge in [0, 0.05) is 6.20 Å². The third-order valence-electron chi connectivity index (χ3n) is 13.6. The third-order valence-corrected chi connectivity index (χ3v) is 14.6. The van der Waals surface area contributed by atoms with Crippen LogP contribution in [0.1, 0.15) is 78.5 Å². The molecule has 10 aromatic rings. The second-order valence-electron chi connectivity index (χ2n) is 20.7. The van der Waals surface area contributed by atoms with Crippen molar-refractivity contribution in [3.63, 3.8) is 0 Å². The Labute approximate surface area is 409 Å². The van der Waals surface area contributed by atoms with E-state index in [1.54, 1.807) is 0 Å². The van der Waals surface area contributed by atoms with Crippen LogP contribution < -0.4 is 9.47 Å². The van der Waals surface area contributed by atoms with Crippen LogP contribution in [-0.2, 0) is 35.6 Å². The molecule has 1 aliphatic rings. The molecule has 0 unspecified atom stereocenters. The van der Waals surface area contributed by atoms with E-state index >= 15 is 0 Å². The summed E-state index contributed by atoms with van der Waals surface area (Å²) in [4.78, 5) is 4.80. The van der Waals surface area contributed by atoms with Gasteiger partial charge in [0.05, 0.1) is 6.61 Å². The maximum atomic E-state index is 6.75. The van der Waals surface area contributed by atoms with Crippen molar-refractivity contribution in [1.82, 2.24) is 18.7 Å². The molecular formula is C61H54N4O2Pt-2. The van der Waals surface area contributed by atoms with Crippen molar-refractivity contribution in [2.24, 2.45) is 0 Å². The summed E-state index contributed by atoms with van der Waals surface area (Å²) < 4.78 is 20.9. The van der Waals surface area contributed by atoms with Crippen molar-refractivity contribution in [1.29, 1.82) is 0 Å². The Balaban J connectivity index is 1.07. The Kier molecular flexibility index (Phi) is 10.6. The molecule has 342 valence electrons. The number of rotatable bonds is 7.